The number of hydrogen-bond acceptors (Lipinski definition) is 4. The standard InChI is InChI=1S/C19H26N2O3S2/c1-14(2)11-17(18-5-4-10-25-18)21-19(22)20-12-15-6-8-16(9-7-15)13-26(3,23)24/h4-10,14,17H,11-13H2,1-3H3,(H2,20,21,22). The van der Waals surface area contributed by atoms with Crippen LogP contribution in [-0.2, 0) is 22.1 Å². The number of carbonyl (C=O) groups excluding carboxylic acids is 1. The highest BCUT2D eigenvalue weighted by molar-refractivity contribution is 7.89. The zero-order valence-electron chi connectivity index (χ0n) is 15.4. The Balaban J connectivity index is 1.89. The molecule has 0 bridgehead atoms. The summed E-state index contributed by atoms with van der Waals surface area (Å²) in [6.45, 7) is 4.67. The van der Waals surface area contributed by atoms with Crippen molar-refractivity contribution in [1.82, 2.24) is 10.6 Å². The molecule has 7 heteroatoms. The lowest BCUT2D eigenvalue weighted by atomic mass is 10.0. The third-order valence-electron chi connectivity index (χ3n) is 3.80. The lowest BCUT2D eigenvalue weighted by Gasteiger charge is -2.20. The third kappa shape index (κ3) is 7.17. The summed E-state index contributed by atoms with van der Waals surface area (Å²) in [6, 6.07) is 11.1. The molecule has 0 aliphatic rings. The predicted molar refractivity (Wildman–Crippen MR) is 107 cm³/mol. The molecule has 1 heterocycles. The monoisotopic (exact) mass is 394 g/mol. The highest BCUT2D eigenvalue weighted by Crippen LogP contribution is 2.25. The summed E-state index contributed by atoms with van der Waals surface area (Å²) >= 11 is 1.64. The summed E-state index contributed by atoms with van der Waals surface area (Å²) in [7, 11) is -3.04. The van der Waals surface area contributed by atoms with Gasteiger partial charge in [0, 0.05) is 17.7 Å². The molecule has 5 nitrogen and oxygen atoms in total. The smallest absolute Gasteiger partial charge is 0.315 e. The number of urea groups is 1. The molecule has 26 heavy (non-hydrogen) atoms. The predicted octanol–water partition coefficient (Wildman–Crippen LogP) is 3.88. The first-order chi connectivity index (χ1) is 12.2. The zero-order chi connectivity index (χ0) is 19.2. The summed E-state index contributed by atoms with van der Waals surface area (Å²) in [5.74, 6) is 0.503. The summed E-state index contributed by atoms with van der Waals surface area (Å²) < 4.78 is 22.6. The summed E-state index contributed by atoms with van der Waals surface area (Å²) in [6.07, 6.45) is 2.10. The summed E-state index contributed by atoms with van der Waals surface area (Å²) in [4.78, 5) is 13.4. The molecule has 1 aromatic heterocycles. The Hall–Kier alpha value is -1.86. The molecule has 142 valence electrons. The highest BCUT2D eigenvalue weighted by atomic mass is 32.2. The van der Waals surface area contributed by atoms with Gasteiger partial charge in [-0.25, -0.2) is 13.2 Å². The molecule has 0 fully saturated rings. The van der Waals surface area contributed by atoms with Gasteiger partial charge in [-0.05, 0) is 34.9 Å². The summed E-state index contributed by atoms with van der Waals surface area (Å²) in [5, 5.41) is 7.93. The van der Waals surface area contributed by atoms with E-state index in [2.05, 4.69) is 24.5 Å². The molecule has 0 spiro atoms. The van der Waals surface area contributed by atoms with E-state index in [1.54, 1.807) is 23.5 Å². The van der Waals surface area contributed by atoms with Crippen molar-refractivity contribution in [3.63, 3.8) is 0 Å². The summed E-state index contributed by atoms with van der Waals surface area (Å²) in [5.41, 5.74) is 1.67. The van der Waals surface area contributed by atoms with Gasteiger partial charge in [-0.3, -0.25) is 0 Å². The second kappa shape index (κ2) is 9.19. The Morgan fingerprint density at radius 1 is 1.12 bits per heavy atom. The number of carbonyl (C=O) groups is 1. The van der Waals surface area contributed by atoms with Gasteiger partial charge >= 0.3 is 6.03 Å². The number of thiophene rings is 1. The fraction of sp³-hybridized carbons (Fsp3) is 0.421. The number of sulfone groups is 1. The Morgan fingerprint density at radius 2 is 1.77 bits per heavy atom. The van der Waals surface area contributed by atoms with Crippen molar-refractivity contribution >= 4 is 27.2 Å². The average Bonchev–Trinajstić information content (AvgIpc) is 3.06. The molecular formula is C19H26N2O3S2. The van der Waals surface area contributed by atoms with Gasteiger partial charge in [0.05, 0.1) is 11.8 Å². The quantitative estimate of drug-likeness (QED) is 0.713. The lowest BCUT2D eigenvalue weighted by Crippen LogP contribution is -2.37. The zero-order valence-corrected chi connectivity index (χ0v) is 17.0. The normalized spacial score (nSPS) is 12.8. The molecule has 2 aromatic rings. The van der Waals surface area contributed by atoms with Crippen LogP contribution >= 0.6 is 11.3 Å². The van der Waals surface area contributed by atoms with Gasteiger partial charge in [0.25, 0.3) is 0 Å². The van der Waals surface area contributed by atoms with Gasteiger partial charge in [0.2, 0.25) is 0 Å². The van der Waals surface area contributed by atoms with Crippen molar-refractivity contribution in [2.45, 2.75) is 38.6 Å². The van der Waals surface area contributed by atoms with Crippen LogP contribution in [0.25, 0.3) is 0 Å². The van der Waals surface area contributed by atoms with Crippen molar-refractivity contribution < 1.29 is 13.2 Å². The number of amides is 2. The van der Waals surface area contributed by atoms with Crippen LogP contribution in [0.15, 0.2) is 41.8 Å². The first-order valence-electron chi connectivity index (χ1n) is 8.56. The third-order valence-corrected chi connectivity index (χ3v) is 5.65. The molecule has 2 amide bonds. The van der Waals surface area contributed by atoms with E-state index in [1.807, 2.05) is 29.6 Å². The first-order valence-corrected chi connectivity index (χ1v) is 11.5. The minimum Gasteiger partial charge on any atom is -0.334 e. The Kier molecular flexibility index (Phi) is 7.23. The molecule has 0 saturated heterocycles. The fourth-order valence-corrected chi connectivity index (χ4v) is 4.24. The van der Waals surface area contributed by atoms with Crippen LogP contribution in [-0.4, -0.2) is 20.7 Å². The van der Waals surface area contributed by atoms with E-state index in [0.717, 1.165) is 22.4 Å². The molecule has 0 aliphatic carbocycles. The Morgan fingerprint density at radius 3 is 2.31 bits per heavy atom. The van der Waals surface area contributed by atoms with Crippen molar-refractivity contribution in [1.29, 1.82) is 0 Å². The van der Waals surface area contributed by atoms with E-state index in [1.165, 1.54) is 6.26 Å². The van der Waals surface area contributed by atoms with Gasteiger partial charge in [-0.15, -0.1) is 11.3 Å². The van der Waals surface area contributed by atoms with E-state index in [9.17, 15) is 13.2 Å². The maximum atomic E-state index is 12.3. The maximum absolute atomic E-state index is 12.3. The highest BCUT2D eigenvalue weighted by Gasteiger charge is 2.17. The number of nitrogens with one attached hydrogen (secondary N) is 2. The number of hydrogen-bond donors (Lipinski definition) is 2. The molecule has 1 atom stereocenters. The van der Waals surface area contributed by atoms with E-state index in [4.69, 9.17) is 0 Å². The van der Waals surface area contributed by atoms with Gasteiger partial charge in [0.1, 0.15) is 0 Å². The van der Waals surface area contributed by atoms with Crippen molar-refractivity contribution in [2.24, 2.45) is 5.92 Å². The minimum atomic E-state index is -3.04. The molecule has 2 N–H and O–H groups in total. The van der Waals surface area contributed by atoms with Gasteiger partial charge in [0.15, 0.2) is 9.84 Å². The molecule has 0 aliphatic heterocycles. The molecule has 0 saturated carbocycles. The van der Waals surface area contributed by atoms with E-state index in [-0.39, 0.29) is 17.8 Å². The molecule has 2 rings (SSSR count). The first kappa shape index (κ1) is 20.5. The van der Waals surface area contributed by atoms with Crippen molar-refractivity contribution in [2.75, 3.05) is 6.26 Å². The Bertz CT molecular complexity index is 798. The van der Waals surface area contributed by atoms with E-state index < -0.39 is 9.84 Å². The largest absolute Gasteiger partial charge is 0.334 e. The van der Waals surface area contributed by atoms with Crippen LogP contribution in [0.5, 0.6) is 0 Å². The average molecular weight is 395 g/mol. The SMILES string of the molecule is CC(C)CC(NC(=O)NCc1ccc(CS(C)(=O)=O)cc1)c1cccs1. The second-order valence-electron chi connectivity index (χ2n) is 6.91. The number of benzene rings is 1. The van der Waals surface area contributed by atoms with Crippen molar-refractivity contribution in [3.8, 4) is 0 Å². The van der Waals surface area contributed by atoms with Gasteiger partial charge in [-0.1, -0.05) is 44.2 Å². The second-order valence-corrected chi connectivity index (χ2v) is 10.0. The maximum Gasteiger partial charge on any atom is 0.315 e. The lowest BCUT2D eigenvalue weighted by molar-refractivity contribution is 0.235. The van der Waals surface area contributed by atoms with Crippen molar-refractivity contribution in [3.05, 3.63) is 57.8 Å². The number of rotatable bonds is 8. The molecule has 0 radical (unpaired) electrons. The van der Waals surface area contributed by atoms with Crippen LogP contribution < -0.4 is 10.6 Å². The van der Waals surface area contributed by atoms with Crippen LogP contribution in [0, 0.1) is 5.92 Å². The van der Waals surface area contributed by atoms with Gasteiger partial charge in [-0.2, -0.15) is 0 Å². The van der Waals surface area contributed by atoms with Crippen LogP contribution in [0.4, 0.5) is 4.79 Å². The topological polar surface area (TPSA) is 75.3 Å². The Labute approximate surface area is 159 Å². The molecular weight excluding hydrogens is 368 g/mol. The van der Waals surface area contributed by atoms with Crippen LogP contribution in [0.2, 0.25) is 0 Å². The van der Waals surface area contributed by atoms with E-state index in [0.29, 0.717) is 12.5 Å². The van der Waals surface area contributed by atoms with E-state index >= 15 is 0 Å². The minimum absolute atomic E-state index is 0.00661. The van der Waals surface area contributed by atoms with Crippen LogP contribution in [0.1, 0.15) is 42.3 Å². The molecule has 1 unspecified atom stereocenters. The molecule has 1 aromatic carbocycles. The van der Waals surface area contributed by atoms with Crippen LogP contribution in [0.3, 0.4) is 0 Å². The van der Waals surface area contributed by atoms with Gasteiger partial charge < -0.3 is 10.6 Å². The fourth-order valence-electron chi connectivity index (χ4n) is 2.65.